The molecule has 0 bridgehead atoms. The van der Waals surface area contributed by atoms with Crippen LogP contribution >= 0.6 is 0 Å². The summed E-state index contributed by atoms with van der Waals surface area (Å²) in [6.07, 6.45) is 3.53. The van der Waals surface area contributed by atoms with E-state index < -0.39 is 0 Å². The van der Waals surface area contributed by atoms with Gasteiger partial charge in [0.15, 0.2) is 0 Å². The summed E-state index contributed by atoms with van der Waals surface area (Å²) in [5.74, 6) is 0. The number of ether oxygens (including phenoxy) is 1. The van der Waals surface area contributed by atoms with Crippen LogP contribution in [0.5, 0.6) is 0 Å². The van der Waals surface area contributed by atoms with Crippen LogP contribution in [0.25, 0.3) is 0 Å². The van der Waals surface area contributed by atoms with E-state index >= 15 is 0 Å². The fraction of sp³-hybridized carbons (Fsp3) is 0.667. The Morgan fingerprint density at radius 1 is 1.10 bits per heavy atom. The molecular weight excluding hydrogens is 260 g/mol. The van der Waals surface area contributed by atoms with Crippen LogP contribution in [-0.2, 0) is 4.74 Å². The van der Waals surface area contributed by atoms with Gasteiger partial charge in [0.1, 0.15) is 0 Å². The number of methoxy groups -OCH3 is 1. The van der Waals surface area contributed by atoms with Gasteiger partial charge < -0.3 is 10.1 Å². The molecule has 0 heterocycles. The maximum absolute atomic E-state index is 5.27. The standard InChI is InChI=1S/C18H32N2O/c1-5-17(6-2)20(14-15-21-4)13-12-18(19-3)16-10-8-7-9-11-16/h7-11,17-19H,5-6,12-15H2,1-4H3. The van der Waals surface area contributed by atoms with E-state index in [1.165, 1.54) is 18.4 Å². The zero-order chi connectivity index (χ0) is 15.5. The summed E-state index contributed by atoms with van der Waals surface area (Å²) in [6.45, 7) is 7.50. The highest BCUT2D eigenvalue weighted by Gasteiger charge is 2.17. The molecule has 1 N–H and O–H groups in total. The lowest BCUT2D eigenvalue weighted by molar-refractivity contribution is 0.112. The van der Waals surface area contributed by atoms with Crippen molar-refractivity contribution >= 4 is 0 Å². The maximum Gasteiger partial charge on any atom is 0.0589 e. The number of hydrogen-bond acceptors (Lipinski definition) is 3. The van der Waals surface area contributed by atoms with E-state index in [1.807, 2.05) is 7.05 Å². The predicted molar refractivity (Wildman–Crippen MR) is 90.7 cm³/mol. The molecule has 1 rings (SSSR count). The molecule has 21 heavy (non-hydrogen) atoms. The van der Waals surface area contributed by atoms with E-state index in [0.29, 0.717) is 12.1 Å². The van der Waals surface area contributed by atoms with Crippen LogP contribution < -0.4 is 5.32 Å². The van der Waals surface area contributed by atoms with Gasteiger partial charge in [-0.05, 0) is 31.9 Å². The topological polar surface area (TPSA) is 24.5 Å². The summed E-state index contributed by atoms with van der Waals surface area (Å²) >= 11 is 0. The first kappa shape index (κ1) is 18.1. The Morgan fingerprint density at radius 3 is 2.29 bits per heavy atom. The smallest absolute Gasteiger partial charge is 0.0589 e. The Balaban J connectivity index is 2.61. The van der Waals surface area contributed by atoms with Crippen LogP contribution in [0.4, 0.5) is 0 Å². The number of benzene rings is 1. The Labute approximate surface area is 130 Å². The lowest BCUT2D eigenvalue weighted by Gasteiger charge is -2.31. The molecule has 0 saturated heterocycles. The number of nitrogens with zero attached hydrogens (tertiary/aromatic N) is 1. The van der Waals surface area contributed by atoms with E-state index in [0.717, 1.165) is 26.1 Å². The highest BCUT2D eigenvalue weighted by Crippen LogP contribution is 2.18. The van der Waals surface area contributed by atoms with Crippen LogP contribution in [0.15, 0.2) is 30.3 Å². The van der Waals surface area contributed by atoms with Crippen LogP contribution in [0.1, 0.15) is 44.7 Å². The van der Waals surface area contributed by atoms with Crippen molar-refractivity contribution in [1.29, 1.82) is 0 Å². The van der Waals surface area contributed by atoms with Gasteiger partial charge in [-0.3, -0.25) is 4.90 Å². The predicted octanol–water partition coefficient (Wildman–Crippen LogP) is 3.47. The number of nitrogens with one attached hydrogen (secondary N) is 1. The van der Waals surface area contributed by atoms with Gasteiger partial charge in [0.2, 0.25) is 0 Å². The van der Waals surface area contributed by atoms with Crippen LogP contribution in [0, 0.1) is 0 Å². The average Bonchev–Trinajstić information content (AvgIpc) is 2.54. The first-order chi connectivity index (χ1) is 10.3. The second-order valence-corrected chi connectivity index (χ2v) is 5.54. The SMILES string of the molecule is CCC(CC)N(CCOC)CCC(NC)c1ccccc1. The molecule has 0 aromatic heterocycles. The minimum atomic E-state index is 0.422. The fourth-order valence-electron chi connectivity index (χ4n) is 2.95. The number of rotatable bonds is 11. The average molecular weight is 292 g/mol. The highest BCUT2D eigenvalue weighted by atomic mass is 16.5. The van der Waals surface area contributed by atoms with Gasteiger partial charge in [-0.1, -0.05) is 44.2 Å². The molecule has 0 aliphatic carbocycles. The second kappa shape index (κ2) is 10.8. The Bertz CT molecular complexity index is 351. The molecule has 1 atom stereocenters. The monoisotopic (exact) mass is 292 g/mol. The molecule has 0 spiro atoms. The minimum absolute atomic E-state index is 0.422. The van der Waals surface area contributed by atoms with Crippen molar-refractivity contribution in [2.75, 3.05) is 33.9 Å². The van der Waals surface area contributed by atoms with Gasteiger partial charge in [0, 0.05) is 32.3 Å². The Morgan fingerprint density at radius 2 is 1.76 bits per heavy atom. The van der Waals surface area contributed by atoms with Crippen molar-refractivity contribution in [3.63, 3.8) is 0 Å². The Kier molecular flexibility index (Phi) is 9.31. The van der Waals surface area contributed by atoms with Crippen LogP contribution in [-0.4, -0.2) is 44.8 Å². The molecule has 1 aromatic carbocycles. The largest absolute Gasteiger partial charge is 0.383 e. The summed E-state index contributed by atoms with van der Waals surface area (Å²) in [4.78, 5) is 2.58. The Hall–Kier alpha value is -0.900. The molecular formula is C18H32N2O. The van der Waals surface area contributed by atoms with Crippen molar-refractivity contribution in [1.82, 2.24) is 10.2 Å². The minimum Gasteiger partial charge on any atom is -0.383 e. The van der Waals surface area contributed by atoms with E-state index in [-0.39, 0.29) is 0 Å². The lowest BCUT2D eigenvalue weighted by atomic mass is 10.0. The quantitative estimate of drug-likeness (QED) is 0.676. The van der Waals surface area contributed by atoms with Crippen LogP contribution in [0.3, 0.4) is 0 Å². The molecule has 3 heteroatoms. The van der Waals surface area contributed by atoms with E-state index in [2.05, 4.69) is 54.4 Å². The molecule has 1 aromatic rings. The third-order valence-corrected chi connectivity index (χ3v) is 4.30. The molecule has 0 radical (unpaired) electrons. The first-order valence-electron chi connectivity index (χ1n) is 8.21. The molecule has 3 nitrogen and oxygen atoms in total. The normalized spacial score (nSPS) is 13.0. The molecule has 0 saturated carbocycles. The van der Waals surface area contributed by atoms with Gasteiger partial charge in [-0.25, -0.2) is 0 Å². The fourth-order valence-corrected chi connectivity index (χ4v) is 2.95. The number of hydrogen-bond donors (Lipinski definition) is 1. The summed E-state index contributed by atoms with van der Waals surface area (Å²) in [5.41, 5.74) is 1.37. The molecule has 120 valence electrons. The van der Waals surface area contributed by atoms with E-state index in [9.17, 15) is 0 Å². The first-order valence-corrected chi connectivity index (χ1v) is 8.21. The van der Waals surface area contributed by atoms with Crippen LogP contribution in [0.2, 0.25) is 0 Å². The summed E-state index contributed by atoms with van der Waals surface area (Å²) in [6, 6.07) is 11.8. The molecule has 0 aliphatic rings. The molecule has 0 fully saturated rings. The molecule has 1 unspecified atom stereocenters. The van der Waals surface area contributed by atoms with Crippen molar-refractivity contribution in [3.8, 4) is 0 Å². The van der Waals surface area contributed by atoms with Crippen molar-refractivity contribution in [2.24, 2.45) is 0 Å². The van der Waals surface area contributed by atoms with Crippen molar-refractivity contribution in [3.05, 3.63) is 35.9 Å². The summed E-state index contributed by atoms with van der Waals surface area (Å²) < 4.78 is 5.27. The summed E-state index contributed by atoms with van der Waals surface area (Å²) in [7, 11) is 3.83. The van der Waals surface area contributed by atoms with Gasteiger partial charge in [-0.2, -0.15) is 0 Å². The van der Waals surface area contributed by atoms with Gasteiger partial charge in [0.05, 0.1) is 6.61 Å². The van der Waals surface area contributed by atoms with Gasteiger partial charge in [-0.15, -0.1) is 0 Å². The summed E-state index contributed by atoms with van der Waals surface area (Å²) in [5, 5.41) is 3.45. The third-order valence-electron chi connectivity index (χ3n) is 4.30. The van der Waals surface area contributed by atoms with Gasteiger partial charge in [0.25, 0.3) is 0 Å². The highest BCUT2D eigenvalue weighted by molar-refractivity contribution is 5.18. The van der Waals surface area contributed by atoms with E-state index in [4.69, 9.17) is 4.74 Å². The van der Waals surface area contributed by atoms with Crippen molar-refractivity contribution in [2.45, 2.75) is 45.2 Å². The zero-order valence-corrected chi connectivity index (χ0v) is 14.1. The molecule has 0 amide bonds. The second-order valence-electron chi connectivity index (χ2n) is 5.54. The van der Waals surface area contributed by atoms with Gasteiger partial charge >= 0.3 is 0 Å². The zero-order valence-electron chi connectivity index (χ0n) is 14.1. The maximum atomic E-state index is 5.27. The van der Waals surface area contributed by atoms with E-state index in [1.54, 1.807) is 7.11 Å². The van der Waals surface area contributed by atoms with Crippen molar-refractivity contribution < 1.29 is 4.74 Å². The molecule has 0 aliphatic heterocycles. The lowest BCUT2D eigenvalue weighted by Crippen LogP contribution is -2.39. The third kappa shape index (κ3) is 6.16.